The molecule has 0 saturated heterocycles. The van der Waals surface area contributed by atoms with E-state index in [0.717, 1.165) is 22.9 Å². The smallest absolute Gasteiger partial charge is 0.328 e. The molecule has 1 atom stereocenters. The summed E-state index contributed by atoms with van der Waals surface area (Å²) in [4.78, 5) is 28.0. The van der Waals surface area contributed by atoms with Crippen LogP contribution in [0.25, 0.3) is 10.9 Å². The molecule has 3 rings (SSSR count). The molecule has 1 amide bonds. The predicted molar refractivity (Wildman–Crippen MR) is 112 cm³/mol. The van der Waals surface area contributed by atoms with Gasteiger partial charge in [0.1, 0.15) is 11.8 Å². The maximum Gasteiger partial charge on any atom is 0.328 e. The number of carbonyl (C=O) groups is 2. The SMILES string of the molecule is CCOC(=O)C(Cc1c[nH]c2ccccc12)NC(=O)COc1ccc(CC)cc1. The highest BCUT2D eigenvalue weighted by Gasteiger charge is 2.24. The minimum atomic E-state index is -0.785. The fourth-order valence-corrected chi connectivity index (χ4v) is 3.16. The lowest BCUT2D eigenvalue weighted by Crippen LogP contribution is -2.45. The largest absolute Gasteiger partial charge is 0.484 e. The van der Waals surface area contributed by atoms with Gasteiger partial charge in [-0.05, 0) is 42.7 Å². The first kappa shape index (κ1) is 20.5. The van der Waals surface area contributed by atoms with Crippen LogP contribution in [0.5, 0.6) is 5.75 Å². The van der Waals surface area contributed by atoms with E-state index in [-0.39, 0.29) is 19.1 Å². The summed E-state index contributed by atoms with van der Waals surface area (Å²) in [7, 11) is 0. The van der Waals surface area contributed by atoms with Crippen LogP contribution in [0.4, 0.5) is 0 Å². The molecule has 0 aliphatic heterocycles. The van der Waals surface area contributed by atoms with Crippen LogP contribution in [0.3, 0.4) is 0 Å². The van der Waals surface area contributed by atoms with Gasteiger partial charge in [0.05, 0.1) is 6.61 Å². The zero-order valence-corrected chi connectivity index (χ0v) is 16.7. The van der Waals surface area contributed by atoms with Crippen LogP contribution < -0.4 is 10.1 Å². The molecule has 0 aliphatic rings. The van der Waals surface area contributed by atoms with Crippen LogP contribution in [0.1, 0.15) is 25.0 Å². The van der Waals surface area contributed by atoms with Gasteiger partial charge in [0, 0.05) is 23.5 Å². The average Bonchev–Trinajstić information content (AvgIpc) is 3.15. The van der Waals surface area contributed by atoms with E-state index in [9.17, 15) is 9.59 Å². The number of esters is 1. The number of carbonyl (C=O) groups excluding carboxylic acids is 2. The average molecular weight is 394 g/mol. The number of aryl methyl sites for hydroxylation is 1. The topological polar surface area (TPSA) is 80.4 Å². The number of aromatic nitrogens is 1. The predicted octanol–water partition coefficient (Wildman–Crippen LogP) is 3.40. The Bertz CT molecular complexity index is 962. The number of hydrogen-bond acceptors (Lipinski definition) is 4. The number of rotatable bonds is 9. The molecule has 152 valence electrons. The Kier molecular flexibility index (Phi) is 6.89. The lowest BCUT2D eigenvalue weighted by atomic mass is 10.0. The van der Waals surface area contributed by atoms with Crippen LogP contribution in [0.2, 0.25) is 0 Å². The first-order valence-electron chi connectivity index (χ1n) is 9.83. The van der Waals surface area contributed by atoms with Gasteiger partial charge in [0.15, 0.2) is 6.61 Å². The Balaban J connectivity index is 1.64. The van der Waals surface area contributed by atoms with Gasteiger partial charge in [-0.3, -0.25) is 4.79 Å². The van der Waals surface area contributed by atoms with Gasteiger partial charge in [0.2, 0.25) is 0 Å². The summed E-state index contributed by atoms with van der Waals surface area (Å²) < 4.78 is 10.7. The molecule has 6 nitrogen and oxygen atoms in total. The standard InChI is InChI=1S/C23H26N2O4/c1-3-16-9-11-18(12-10-16)29-15-22(26)25-21(23(27)28-4-2)13-17-14-24-20-8-6-5-7-19(17)20/h5-12,14,21,24H,3-4,13,15H2,1-2H3,(H,25,26). The molecular weight excluding hydrogens is 368 g/mol. The molecule has 0 aliphatic carbocycles. The molecule has 2 N–H and O–H groups in total. The molecular formula is C23H26N2O4. The minimum Gasteiger partial charge on any atom is -0.484 e. The molecule has 1 aromatic heterocycles. The lowest BCUT2D eigenvalue weighted by Gasteiger charge is -2.17. The summed E-state index contributed by atoms with van der Waals surface area (Å²) >= 11 is 0. The van der Waals surface area contributed by atoms with Gasteiger partial charge >= 0.3 is 5.97 Å². The summed E-state index contributed by atoms with van der Waals surface area (Å²) in [6, 6.07) is 14.6. The van der Waals surface area contributed by atoms with Crippen molar-refractivity contribution in [3.8, 4) is 5.75 Å². The second kappa shape index (κ2) is 9.78. The number of fused-ring (bicyclic) bond motifs is 1. The monoisotopic (exact) mass is 394 g/mol. The Morgan fingerprint density at radius 1 is 1.07 bits per heavy atom. The van der Waals surface area contributed by atoms with E-state index in [1.165, 1.54) is 5.56 Å². The first-order chi connectivity index (χ1) is 14.1. The van der Waals surface area contributed by atoms with Crippen molar-refractivity contribution in [1.82, 2.24) is 10.3 Å². The van der Waals surface area contributed by atoms with E-state index in [1.807, 2.05) is 54.7 Å². The van der Waals surface area contributed by atoms with Gasteiger partial charge in [-0.1, -0.05) is 37.3 Å². The van der Waals surface area contributed by atoms with Crippen molar-refractivity contribution in [1.29, 1.82) is 0 Å². The Labute approximate surface area is 170 Å². The number of H-pyrrole nitrogens is 1. The van der Waals surface area contributed by atoms with Gasteiger partial charge in [-0.2, -0.15) is 0 Å². The fraction of sp³-hybridized carbons (Fsp3) is 0.304. The number of benzene rings is 2. The van der Waals surface area contributed by atoms with Crippen molar-refractivity contribution in [3.63, 3.8) is 0 Å². The molecule has 3 aromatic rings. The molecule has 0 fully saturated rings. The second-order valence-electron chi connectivity index (χ2n) is 6.72. The maximum atomic E-state index is 12.4. The van der Waals surface area contributed by atoms with E-state index in [2.05, 4.69) is 17.2 Å². The van der Waals surface area contributed by atoms with E-state index < -0.39 is 12.0 Å². The summed E-state index contributed by atoms with van der Waals surface area (Å²) in [6.45, 7) is 3.90. The number of ether oxygens (including phenoxy) is 2. The molecule has 0 saturated carbocycles. The van der Waals surface area contributed by atoms with Crippen LogP contribution in [-0.2, 0) is 27.2 Å². The van der Waals surface area contributed by atoms with Crippen LogP contribution in [0, 0.1) is 0 Å². The molecule has 1 heterocycles. The molecule has 0 bridgehead atoms. The molecule has 1 unspecified atom stereocenters. The summed E-state index contributed by atoms with van der Waals surface area (Å²) in [5.41, 5.74) is 3.12. The van der Waals surface area contributed by atoms with E-state index >= 15 is 0 Å². The number of nitrogens with one attached hydrogen (secondary N) is 2. The van der Waals surface area contributed by atoms with Crippen LogP contribution in [-0.4, -0.2) is 36.1 Å². The highest BCUT2D eigenvalue weighted by atomic mass is 16.5. The number of hydrogen-bond donors (Lipinski definition) is 2. The number of aromatic amines is 1. The first-order valence-corrected chi connectivity index (χ1v) is 9.83. The Morgan fingerprint density at radius 2 is 1.83 bits per heavy atom. The molecule has 29 heavy (non-hydrogen) atoms. The third-order valence-corrected chi connectivity index (χ3v) is 4.71. The zero-order valence-electron chi connectivity index (χ0n) is 16.7. The van der Waals surface area contributed by atoms with E-state index in [0.29, 0.717) is 12.2 Å². The van der Waals surface area contributed by atoms with Crippen molar-refractivity contribution in [2.75, 3.05) is 13.2 Å². The summed E-state index contributed by atoms with van der Waals surface area (Å²) in [5, 5.41) is 3.76. The summed E-state index contributed by atoms with van der Waals surface area (Å²) in [5.74, 6) is -0.220. The van der Waals surface area contributed by atoms with Gasteiger partial charge in [-0.25, -0.2) is 4.79 Å². The highest BCUT2D eigenvalue weighted by Crippen LogP contribution is 2.19. The molecule has 6 heteroatoms. The highest BCUT2D eigenvalue weighted by molar-refractivity contribution is 5.87. The third kappa shape index (κ3) is 5.38. The van der Waals surface area contributed by atoms with Crippen LogP contribution >= 0.6 is 0 Å². The van der Waals surface area contributed by atoms with Crippen molar-refractivity contribution >= 4 is 22.8 Å². The van der Waals surface area contributed by atoms with E-state index in [4.69, 9.17) is 9.47 Å². The van der Waals surface area contributed by atoms with E-state index in [1.54, 1.807) is 6.92 Å². The van der Waals surface area contributed by atoms with Crippen molar-refractivity contribution in [2.24, 2.45) is 0 Å². The number of amides is 1. The van der Waals surface area contributed by atoms with Crippen molar-refractivity contribution in [3.05, 3.63) is 65.9 Å². The minimum absolute atomic E-state index is 0.171. The third-order valence-electron chi connectivity index (χ3n) is 4.71. The van der Waals surface area contributed by atoms with Gasteiger partial charge < -0.3 is 19.8 Å². The van der Waals surface area contributed by atoms with Gasteiger partial charge in [-0.15, -0.1) is 0 Å². The Morgan fingerprint density at radius 3 is 2.55 bits per heavy atom. The van der Waals surface area contributed by atoms with Gasteiger partial charge in [0.25, 0.3) is 5.91 Å². The zero-order chi connectivity index (χ0) is 20.6. The maximum absolute atomic E-state index is 12.4. The normalized spacial score (nSPS) is 11.8. The second-order valence-corrected chi connectivity index (χ2v) is 6.72. The fourth-order valence-electron chi connectivity index (χ4n) is 3.16. The molecule has 0 spiro atoms. The summed E-state index contributed by atoms with van der Waals surface area (Å²) in [6.07, 6.45) is 3.13. The van der Waals surface area contributed by atoms with Crippen LogP contribution in [0.15, 0.2) is 54.7 Å². The molecule has 0 radical (unpaired) electrons. The van der Waals surface area contributed by atoms with Crippen molar-refractivity contribution in [2.45, 2.75) is 32.7 Å². The lowest BCUT2D eigenvalue weighted by molar-refractivity contribution is -0.147. The molecule has 2 aromatic carbocycles. The Hall–Kier alpha value is -3.28. The van der Waals surface area contributed by atoms with Crippen molar-refractivity contribution < 1.29 is 19.1 Å². The number of para-hydroxylation sites is 1. The quantitative estimate of drug-likeness (QED) is 0.545.